The molecule has 78 valence electrons. The number of rotatable bonds is 2. The molecular formula is C9H5BrClIN2S. The summed E-state index contributed by atoms with van der Waals surface area (Å²) in [5, 5.41) is 6.61. The molecule has 0 amide bonds. The number of benzene rings is 1. The quantitative estimate of drug-likeness (QED) is 0.706. The van der Waals surface area contributed by atoms with Crippen molar-refractivity contribution in [2.24, 2.45) is 0 Å². The van der Waals surface area contributed by atoms with Crippen LogP contribution in [-0.2, 0) is 0 Å². The van der Waals surface area contributed by atoms with Gasteiger partial charge in [-0.2, -0.15) is 0 Å². The van der Waals surface area contributed by atoms with Gasteiger partial charge >= 0.3 is 0 Å². The van der Waals surface area contributed by atoms with Gasteiger partial charge in [0.05, 0.1) is 10.7 Å². The lowest BCUT2D eigenvalue weighted by atomic mass is 10.3. The van der Waals surface area contributed by atoms with Gasteiger partial charge in [-0.15, -0.1) is 11.3 Å². The molecule has 2 aromatic rings. The Hall–Kier alpha value is 0.150. The Labute approximate surface area is 118 Å². The monoisotopic (exact) mass is 414 g/mol. The maximum Gasteiger partial charge on any atom is 0.188 e. The Balaban J connectivity index is 2.24. The van der Waals surface area contributed by atoms with E-state index in [9.17, 15) is 0 Å². The van der Waals surface area contributed by atoms with Crippen LogP contribution in [0.25, 0.3) is 0 Å². The summed E-state index contributed by atoms with van der Waals surface area (Å²) in [4.78, 5) is 4.23. The largest absolute Gasteiger partial charge is 0.330 e. The molecule has 2 rings (SSSR count). The molecule has 0 aliphatic heterocycles. The van der Waals surface area contributed by atoms with Gasteiger partial charge in [-0.3, -0.25) is 0 Å². The molecule has 2 nitrogen and oxygen atoms in total. The van der Waals surface area contributed by atoms with Crippen LogP contribution in [0.1, 0.15) is 0 Å². The zero-order valence-electron chi connectivity index (χ0n) is 7.30. The summed E-state index contributed by atoms with van der Waals surface area (Å²) in [5.41, 5.74) is 0.874. The summed E-state index contributed by atoms with van der Waals surface area (Å²) in [6, 6.07) is 5.85. The topological polar surface area (TPSA) is 24.9 Å². The Morgan fingerprint density at radius 1 is 1.47 bits per heavy atom. The first-order valence-corrected chi connectivity index (χ1v) is 7.11. The summed E-state index contributed by atoms with van der Waals surface area (Å²) in [5.74, 6) is 0. The summed E-state index contributed by atoms with van der Waals surface area (Å²) < 4.78 is 1.94. The normalized spacial score (nSPS) is 10.3. The predicted molar refractivity (Wildman–Crippen MR) is 77.3 cm³/mol. The average molecular weight is 415 g/mol. The molecule has 0 atom stereocenters. The van der Waals surface area contributed by atoms with E-state index in [4.69, 9.17) is 11.6 Å². The highest BCUT2D eigenvalue weighted by molar-refractivity contribution is 14.1. The van der Waals surface area contributed by atoms with Gasteiger partial charge in [-0.1, -0.05) is 11.6 Å². The van der Waals surface area contributed by atoms with Crippen LogP contribution in [0, 0.1) is 3.57 Å². The van der Waals surface area contributed by atoms with E-state index in [-0.39, 0.29) is 0 Å². The van der Waals surface area contributed by atoms with Crippen LogP contribution in [0.4, 0.5) is 10.8 Å². The van der Waals surface area contributed by atoms with Crippen LogP contribution in [0.15, 0.2) is 28.2 Å². The molecule has 1 heterocycles. The van der Waals surface area contributed by atoms with Crippen LogP contribution >= 0.6 is 61.5 Å². The zero-order chi connectivity index (χ0) is 10.8. The van der Waals surface area contributed by atoms with E-state index in [0.717, 1.165) is 19.0 Å². The molecule has 0 aliphatic rings. The minimum Gasteiger partial charge on any atom is -0.330 e. The van der Waals surface area contributed by atoms with Crippen LogP contribution < -0.4 is 5.32 Å². The highest BCUT2D eigenvalue weighted by Crippen LogP contribution is 2.29. The van der Waals surface area contributed by atoms with Crippen molar-refractivity contribution in [3.8, 4) is 0 Å². The van der Waals surface area contributed by atoms with Crippen molar-refractivity contribution >= 4 is 72.3 Å². The van der Waals surface area contributed by atoms with Crippen molar-refractivity contribution in [1.29, 1.82) is 0 Å². The Bertz CT molecular complexity index is 489. The van der Waals surface area contributed by atoms with Gasteiger partial charge < -0.3 is 5.32 Å². The number of nitrogens with zero attached hydrogens (tertiary/aromatic N) is 1. The number of hydrogen-bond donors (Lipinski definition) is 1. The van der Waals surface area contributed by atoms with Crippen LogP contribution in [0.2, 0.25) is 5.02 Å². The molecule has 0 unspecified atom stereocenters. The van der Waals surface area contributed by atoms with E-state index in [2.05, 4.69) is 48.8 Å². The second-order valence-corrected chi connectivity index (χ2v) is 6.05. The standard InChI is InChI=1S/C9H5BrClIN2S/c10-8-4-15-9(14-8)13-7-2-1-5(12)3-6(7)11/h1-4H,(H,13,14). The highest BCUT2D eigenvalue weighted by atomic mass is 127. The van der Waals surface area contributed by atoms with Gasteiger partial charge in [0, 0.05) is 8.95 Å². The highest BCUT2D eigenvalue weighted by Gasteiger charge is 2.04. The van der Waals surface area contributed by atoms with E-state index < -0.39 is 0 Å². The van der Waals surface area contributed by atoms with Gasteiger partial charge in [-0.25, -0.2) is 4.98 Å². The third kappa shape index (κ3) is 3.05. The lowest BCUT2D eigenvalue weighted by molar-refractivity contribution is 1.34. The molecule has 1 aromatic heterocycles. The molecule has 1 N–H and O–H groups in total. The summed E-state index contributed by atoms with van der Waals surface area (Å²) in [6.45, 7) is 0. The second kappa shape index (κ2) is 4.99. The summed E-state index contributed by atoms with van der Waals surface area (Å²) in [6.07, 6.45) is 0. The van der Waals surface area contributed by atoms with Gasteiger partial charge in [0.15, 0.2) is 5.13 Å². The molecule has 1 aromatic carbocycles. The fourth-order valence-corrected chi connectivity index (χ4v) is 3.08. The van der Waals surface area contributed by atoms with Crippen molar-refractivity contribution in [1.82, 2.24) is 4.98 Å². The predicted octanol–water partition coefficient (Wildman–Crippen LogP) is 4.91. The first-order chi connectivity index (χ1) is 7.15. The maximum absolute atomic E-state index is 6.08. The van der Waals surface area contributed by atoms with Gasteiger partial charge in [-0.05, 0) is 56.7 Å². The zero-order valence-corrected chi connectivity index (χ0v) is 12.6. The molecule has 15 heavy (non-hydrogen) atoms. The Kier molecular flexibility index (Phi) is 3.87. The third-order valence-electron chi connectivity index (χ3n) is 1.65. The van der Waals surface area contributed by atoms with Gasteiger partial charge in [0.1, 0.15) is 4.60 Å². The number of halogens is 3. The van der Waals surface area contributed by atoms with E-state index in [1.807, 2.05) is 23.6 Å². The summed E-state index contributed by atoms with van der Waals surface area (Å²) in [7, 11) is 0. The molecule has 0 radical (unpaired) electrons. The minimum absolute atomic E-state index is 0.702. The molecule has 0 saturated heterocycles. The molecule has 0 spiro atoms. The van der Waals surface area contributed by atoms with Gasteiger partial charge in [0.2, 0.25) is 0 Å². The molecule has 0 bridgehead atoms. The fraction of sp³-hybridized carbons (Fsp3) is 0. The number of thiazole rings is 1. The maximum atomic E-state index is 6.08. The minimum atomic E-state index is 0.702. The first kappa shape index (κ1) is 11.6. The average Bonchev–Trinajstić information content (AvgIpc) is 2.56. The lowest BCUT2D eigenvalue weighted by Crippen LogP contribution is -1.90. The van der Waals surface area contributed by atoms with Crippen molar-refractivity contribution in [2.75, 3.05) is 5.32 Å². The van der Waals surface area contributed by atoms with Crippen molar-refractivity contribution in [2.45, 2.75) is 0 Å². The van der Waals surface area contributed by atoms with Crippen LogP contribution in [0.3, 0.4) is 0 Å². The molecule has 0 saturated carbocycles. The van der Waals surface area contributed by atoms with Gasteiger partial charge in [0.25, 0.3) is 0 Å². The fourth-order valence-electron chi connectivity index (χ4n) is 1.02. The van der Waals surface area contributed by atoms with E-state index >= 15 is 0 Å². The third-order valence-corrected chi connectivity index (χ3v) is 4.10. The van der Waals surface area contributed by atoms with Crippen molar-refractivity contribution in [3.05, 3.63) is 36.8 Å². The van der Waals surface area contributed by atoms with Crippen LogP contribution in [0.5, 0.6) is 0 Å². The smallest absolute Gasteiger partial charge is 0.188 e. The van der Waals surface area contributed by atoms with Crippen LogP contribution in [-0.4, -0.2) is 4.98 Å². The molecule has 6 heteroatoms. The van der Waals surface area contributed by atoms with E-state index in [1.165, 1.54) is 11.3 Å². The van der Waals surface area contributed by atoms with E-state index in [1.54, 1.807) is 0 Å². The Morgan fingerprint density at radius 2 is 2.27 bits per heavy atom. The molecule has 0 fully saturated rings. The first-order valence-electron chi connectivity index (χ1n) is 3.98. The number of hydrogen-bond acceptors (Lipinski definition) is 3. The van der Waals surface area contributed by atoms with E-state index in [0.29, 0.717) is 5.02 Å². The molecular weight excluding hydrogens is 410 g/mol. The molecule has 0 aliphatic carbocycles. The van der Waals surface area contributed by atoms with Crippen molar-refractivity contribution in [3.63, 3.8) is 0 Å². The summed E-state index contributed by atoms with van der Waals surface area (Å²) >= 11 is 13.1. The lowest BCUT2D eigenvalue weighted by Gasteiger charge is -2.04. The van der Waals surface area contributed by atoms with Crippen molar-refractivity contribution < 1.29 is 0 Å². The number of anilines is 2. The Morgan fingerprint density at radius 3 is 2.87 bits per heavy atom. The second-order valence-electron chi connectivity index (χ2n) is 2.72. The number of nitrogens with one attached hydrogen (secondary N) is 1. The SMILES string of the molecule is Clc1cc(I)ccc1Nc1nc(Br)cs1. The number of aromatic nitrogens is 1.